The average molecular weight is 461 g/mol. The lowest BCUT2D eigenvalue weighted by Gasteiger charge is -2.24. The predicted molar refractivity (Wildman–Crippen MR) is 137 cm³/mol. The maximum absolute atomic E-state index is 12.8. The van der Waals surface area contributed by atoms with Gasteiger partial charge in [0.05, 0.1) is 6.54 Å². The molecule has 0 radical (unpaired) electrons. The van der Waals surface area contributed by atoms with Crippen LogP contribution in [0.3, 0.4) is 0 Å². The molecule has 2 heterocycles. The molecule has 0 bridgehead atoms. The van der Waals surface area contributed by atoms with Crippen LogP contribution >= 0.6 is 0 Å². The first-order chi connectivity index (χ1) is 16.6. The zero-order valence-corrected chi connectivity index (χ0v) is 20.1. The van der Waals surface area contributed by atoms with Gasteiger partial charge in [-0.3, -0.25) is 14.5 Å². The van der Waals surface area contributed by atoms with Crippen molar-refractivity contribution in [1.82, 2.24) is 20.1 Å². The Morgan fingerprint density at radius 1 is 0.912 bits per heavy atom. The molecule has 6 heteroatoms. The number of aromatic nitrogens is 1. The van der Waals surface area contributed by atoms with Gasteiger partial charge in [0.2, 0.25) is 11.8 Å². The predicted octanol–water partition coefficient (Wildman–Crippen LogP) is 4.05. The summed E-state index contributed by atoms with van der Waals surface area (Å²) in [6.45, 7) is 6.14. The fourth-order valence-corrected chi connectivity index (χ4v) is 4.93. The Balaban J connectivity index is 1.45. The van der Waals surface area contributed by atoms with Gasteiger partial charge in [-0.1, -0.05) is 42.5 Å². The van der Waals surface area contributed by atoms with Crippen LogP contribution in [0.5, 0.6) is 0 Å². The van der Waals surface area contributed by atoms with Crippen LogP contribution in [0.1, 0.15) is 49.7 Å². The van der Waals surface area contributed by atoms with Gasteiger partial charge in [0, 0.05) is 56.2 Å². The maximum atomic E-state index is 12.8. The van der Waals surface area contributed by atoms with E-state index in [1.165, 1.54) is 22.0 Å². The number of fused-ring (bicyclic) bond motifs is 1. The molecule has 34 heavy (non-hydrogen) atoms. The topological polar surface area (TPSA) is 66.4 Å². The van der Waals surface area contributed by atoms with E-state index in [-0.39, 0.29) is 17.7 Å². The number of nitrogens with one attached hydrogen (secondary N) is 2. The van der Waals surface area contributed by atoms with Gasteiger partial charge < -0.3 is 15.2 Å². The first-order valence-electron chi connectivity index (χ1n) is 12.5. The third kappa shape index (κ3) is 6.26. The standard InChI is InChI=1S/C28H36N4O2/c1-2-32-19-15-25-24(10-6-11-26(25)32)20-31-18-7-16-29-27(33)13-12-23(14-17-30-28(34)21-31)22-8-4-3-5-9-22/h3-6,8-11,15,19,23H,2,7,12-14,16-18,20-21H2,1H3,(H,29,33)(H,30,34). The molecule has 0 aliphatic carbocycles. The summed E-state index contributed by atoms with van der Waals surface area (Å²) < 4.78 is 2.24. The highest BCUT2D eigenvalue weighted by molar-refractivity contribution is 5.84. The molecule has 0 spiro atoms. The average Bonchev–Trinajstić information content (AvgIpc) is 3.28. The molecule has 1 saturated heterocycles. The summed E-state index contributed by atoms with van der Waals surface area (Å²) in [5, 5.41) is 7.44. The highest BCUT2D eigenvalue weighted by atomic mass is 16.2. The second-order valence-corrected chi connectivity index (χ2v) is 9.15. The largest absolute Gasteiger partial charge is 0.356 e. The van der Waals surface area contributed by atoms with Crippen molar-refractivity contribution < 1.29 is 9.59 Å². The smallest absolute Gasteiger partial charge is 0.234 e. The lowest BCUT2D eigenvalue weighted by Crippen LogP contribution is -2.39. The van der Waals surface area contributed by atoms with Gasteiger partial charge in [-0.15, -0.1) is 0 Å². The SMILES string of the molecule is CCn1ccc2c(CN3CCCNC(=O)CCC(c4ccccc4)CCNC(=O)C3)cccc21. The van der Waals surface area contributed by atoms with Crippen molar-refractivity contribution in [2.45, 2.75) is 51.6 Å². The molecule has 3 aromatic rings. The van der Waals surface area contributed by atoms with Crippen molar-refractivity contribution in [3.8, 4) is 0 Å². The summed E-state index contributed by atoms with van der Waals surface area (Å²) in [7, 11) is 0. The minimum absolute atomic E-state index is 0.0613. The van der Waals surface area contributed by atoms with E-state index in [2.05, 4.69) is 69.6 Å². The Hall–Kier alpha value is -3.12. The highest BCUT2D eigenvalue weighted by Gasteiger charge is 2.17. The summed E-state index contributed by atoms with van der Waals surface area (Å²) >= 11 is 0. The number of hydrogen-bond donors (Lipinski definition) is 2. The first kappa shape index (κ1) is 24.0. The van der Waals surface area contributed by atoms with Crippen molar-refractivity contribution in [2.75, 3.05) is 26.2 Å². The van der Waals surface area contributed by atoms with Gasteiger partial charge in [0.15, 0.2) is 0 Å². The molecule has 6 nitrogen and oxygen atoms in total. The molecule has 2 amide bonds. The van der Waals surface area contributed by atoms with Crippen molar-refractivity contribution in [3.05, 3.63) is 71.9 Å². The zero-order chi connectivity index (χ0) is 23.8. The van der Waals surface area contributed by atoms with Gasteiger partial charge >= 0.3 is 0 Å². The van der Waals surface area contributed by atoms with Crippen LogP contribution in [0, 0.1) is 0 Å². The van der Waals surface area contributed by atoms with Crippen molar-refractivity contribution in [2.24, 2.45) is 0 Å². The van der Waals surface area contributed by atoms with E-state index in [0.717, 1.165) is 32.4 Å². The van der Waals surface area contributed by atoms with Crippen LogP contribution in [0.2, 0.25) is 0 Å². The molecule has 1 unspecified atom stereocenters. The third-order valence-electron chi connectivity index (χ3n) is 6.78. The van der Waals surface area contributed by atoms with Crippen molar-refractivity contribution in [3.63, 3.8) is 0 Å². The number of hydrogen-bond acceptors (Lipinski definition) is 3. The van der Waals surface area contributed by atoms with Crippen LogP contribution in [0.15, 0.2) is 60.8 Å². The van der Waals surface area contributed by atoms with E-state index in [0.29, 0.717) is 32.6 Å². The molecular formula is C28H36N4O2. The molecule has 0 saturated carbocycles. The Bertz CT molecular complexity index is 1090. The van der Waals surface area contributed by atoms with Gasteiger partial charge in [0.1, 0.15) is 0 Å². The Labute approximate surface area is 202 Å². The summed E-state index contributed by atoms with van der Waals surface area (Å²) in [5.74, 6) is 0.428. The van der Waals surface area contributed by atoms with Crippen LogP contribution < -0.4 is 10.6 Å². The summed E-state index contributed by atoms with van der Waals surface area (Å²) in [6, 6.07) is 18.9. The number of aryl methyl sites for hydroxylation is 1. The second kappa shape index (κ2) is 11.8. The van der Waals surface area contributed by atoms with Crippen LogP contribution in [0.4, 0.5) is 0 Å². The van der Waals surface area contributed by atoms with Crippen LogP contribution in [-0.4, -0.2) is 47.5 Å². The Morgan fingerprint density at radius 3 is 2.56 bits per heavy atom. The molecule has 180 valence electrons. The third-order valence-corrected chi connectivity index (χ3v) is 6.78. The molecule has 1 fully saturated rings. The van der Waals surface area contributed by atoms with Crippen molar-refractivity contribution in [1.29, 1.82) is 0 Å². The quantitative estimate of drug-likeness (QED) is 0.617. The van der Waals surface area contributed by atoms with Gasteiger partial charge in [-0.25, -0.2) is 0 Å². The van der Waals surface area contributed by atoms with Gasteiger partial charge in [-0.05, 0) is 55.4 Å². The minimum atomic E-state index is 0.0613. The van der Waals surface area contributed by atoms with E-state index in [1.807, 2.05) is 18.2 Å². The molecule has 2 aromatic carbocycles. The molecule has 2 N–H and O–H groups in total. The molecule has 1 aliphatic rings. The Kier molecular flexibility index (Phi) is 8.36. The lowest BCUT2D eigenvalue weighted by molar-refractivity contribution is -0.123. The van der Waals surface area contributed by atoms with E-state index in [9.17, 15) is 9.59 Å². The number of benzene rings is 2. The second-order valence-electron chi connectivity index (χ2n) is 9.15. The van der Waals surface area contributed by atoms with E-state index >= 15 is 0 Å². The number of rotatable bonds is 4. The van der Waals surface area contributed by atoms with E-state index in [1.54, 1.807) is 0 Å². The number of amides is 2. The maximum Gasteiger partial charge on any atom is 0.234 e. The summed E-state index contributed by atoms with van der Waals surface area (Å²) in [6.07, 6.45) is 5.06. The summed E-state index contributed by atoms with van der Waals surface area (Å²) in [4.78, 5) is 27.5. The van der Waals surface area contributed by atoms with Crippen LogP contribution in [0.25, 0.3) is 10.9 Å². The minimum Gasteiger partial charge on any atom is -0.356 e. The van der Waals surface area contributed by atoms with Crippen molar-refractivity contribution >= 4 is 22.7 Å². The molecule has 4 rings (SSSR count). The van der Waals surface area contributed by atoms with Gasteiger partial charge in [-0.2, -0.15) is 0 Å². The normalized spacial score (nSPS) is 19.4. The van der Waals surface area contributed by atoms with E-state index in [4.69, 9.17) is 0 Å². The number of nitrogens with zero attached hydrogens (tertiary/aromatic N) is 2. The molecular weight excluding hydrogens is 424 g/mol. The van der Waals surface area contributed by atoms with Gasteiger partial charge in [0.25, 0.3) is 0 Å². The molecule has 1 aliphatic heterocycles. The van der Waals surface area contributed by atoms with E-state index < -0.39 is 0 Å². The fraction of sp³-hybridized carbons (Fsp3) is 0.429. The zero-order valence-electron chi connectivity index (χ0n) is 20.1. The molecule has 1 atom stereocenters. The number of carbonyl (C=O) groups is 2. The Morgan fingerprint density at radius 2 is 1.74 bits per heavy atom. The molecule has 1 aromatic heterocycles. The van der Waals surface area contributed by atoms with Crippen LogP contribution in [-0.2, 0) is 22.7 Å². The lowest BCUT2D eigenvalue weighted by atomic mass is 9.91. The first-order valence-corrected chi connectivity index (χ1v) is 12.5. The number of carbonyl (C=O) groups excluding carboxylic acids is 2. The monoisotopic (exact) mass is 460 g/mol. The summed E-state index contributed by atoms with van der Waals surface area (Å²) in [5.41, 5.74) is 3.68. The fourth-order valence-electron chi connectivity index (χ4n) is 4.93. The highest BCUT2D eigenvalue weighted by Crippen LogP contribution is 2.25.